The highest BCUT2D eigenvalue weighted by molar-refractivity contribution is 9.10. The van der Waals surface area contributed by atoms with E-state index < -0.39 is 0 Å². The Morgan fingerprint density at radius 3 is 2.48 bits per heavy atom. The largest absolute Gasteiger partial charge is 0.355 e. The predicted molar refractivity (Wildman–Crippen MR) is 107 cm³/mol. The van der Waals surface area contributed by atoms with Crippen molar-refractivity contribution in [3.05, 3.63) is 75.9 Å². The van der Waals surface area contributed by atoms with Crippen molar-refractivity contribution in [2.24, 2.45) is 0 Å². The molecule has 0 fully saturated rings. The number of anilines is 3. The van der Waals surface area contributed by atoms with Crippen LogP contribution >= 0.6 is 15.9 Å². The quantitative estimate of drug-likeness (QED) is 0.640. The molecule has 0 saturated carbocycles. The molecule has 0 spiro atoms. The summed E-state index contributed by atoms with van der Waals surface area (Å²) in [5, 5.41) is 3.30. The lowest BCUT2D eigenvalue weighted by molar-refractivity contribution is 0.888. The lowest BCUT2D eigenvalue weighted by atomic mass is 10.2. The smallest absolute Gasteiger partial charge is 0.229 e. The Morgan fingerprint density at radius 2 is 1.76 bits per heavy atom. The van der Waals surface area contributed by atoms with Gasteiger partial charge in [-0.05, 0) is 43.2 Å². The van der Waals surface area contributed by atoms with Gasteiger partial charge in [-0.25, -0.2) is 4.98 Å². The van der Waals surface area contributed by atoms with Crippen molar-refractivity contribution in [1.29, 1.82) is 0 Å². The third kappa shape index (κ3) is 4.57. The monoisotopic (exact) mass is 396 g/mol. The molecule has 128 valence electrons. The van der Waals surface area contributed by atoms with Crippen molar-refractivity contribution in [2.75, 3.05) is 17.3 Å². The van der Waals surface area contributed by atoms with Crippen LogP contribution in [0.2, 0.25) is 0 Å². The average molecular weight is 397 g/mol. The fourth-order valence-corrected chi connectivity index (χ4v) is 2.84. The first-order valence-corrected chi connectivity index (χ1v) is 8.94. The molecule has 0 unspecified atom stereocenters. The van der Waals surface area contributed by atoms with Gasteiger partial charge in [-0.1, -0.05) is 46.3 Å². The Hall–Kier alpha value is -2.40. The highest BCUT2D eigenvalue weighted by Gasteiger charge is 2.08. The molecule has 2 aromatic carbocycles. The van der Waals surface area contributed by atoms with E-state index in [0.29, 0.717) is 5.95 Å². The number of benzene rings is 2. The van der Waals surface area contributed by atoms with E-state index in [1.165, 1.54) is 11.1 Å². The number of aryl methyl sites for hydroxylation is 2. The second-order valence-corrected chi connectivity index (χ2v) is 6.98. The van der Waals surface area contributed by atoms with Crippen LogP contribution < -0.4 is 10.2 Å². The normalized spacial score (nSPS) is 10.6. The van der Waals surface area contributed by atoms with Gasteiger partial charge in [-0.3, -0.25) is 0 Å². The summed E-state index contributed by atoms with van der Waals surface area (Å²) < 4.78 is 1.09. The van der Waals surface area contributed by atoms with Crippen LogP contribution in [0, 0.1) is 13.8 Å². The maximum absolute atomic E-state index is 4.67. The molecule has 4 nitrogen and oxygen atoms in total. The number of nitrogens with zero attached hydrogens (tertiary/aromatic N) is 3. The summed E-state index contributed by atoms with van der Waals surface area (Å²) in [6, 6.07) is 18.5. The first-order valence-electron chi connectivity index (χ1n) is 8.15. The summed E-state index contributed by atoms with van der Waals surface area (Å²) >= 11 is 3.52. The van der Waals surface area contributed by atoms with Gasteiger partial charge in [0.15, 0.2) is 0 Å². The van der Waals surface area contributed by atoms with Crippen molar-refractivity contribution in [3.63, 3.8) is 0 Å². The SMILES string of the molecule is Cc1cc(N(C)Cc2ccccc2)nc(Nc2ccc(Br)c(C)c2)n1. The molecule has 0 atom stereocenters. The summed E-state index contributed by atoms with van der Waals surface area (Å²) in [6.45, 7) is 4.85. The van der Waals surface area contributed by atoms with Gasteiger partial charge in [0.2, 0.25) is 5.95 Å². The lowest BCUT2D eigenvalue weighted by Gasteiger charge is -2.19. The molecular formula is C20H21BrN4. The second kappa shape index (κ2) is 7.66. The van der Waals surface area contributed by atoms with Crippen LogP contribution in [-0.4, -0.2) is 17.0 Å². The fourth-order valence-electron chi connectivity index (χ4n) is 2.59. The minimum Gasteiger partial charge on any atom is -0.355 e. The van der Waals surface area contributed by atoms with E-state index in [-0.39, 0.29) is 0 Å². The lowest BCUT2D eigenvalue weighted by Crippen LogP contribution is -2.18. The van der Waals surface area contributed by atoms with Gasteiger partial charge in [-0.2, -0.15) is 4.98 Å². The van der Waals surface area contributed by atoms with Crippen LogP contribution in [0.25, 0.3) is 0 Å². The van der Waals surface area contributed by atoms with E-state index in [1.54, 1.807) is 0 Å². The molecule has 0 aliphatic heterocycles. The molecule has 0 aliphatic rings. The average Bonchev–Trinajstić information content (AvgIpc) is 2.58. The van der Waals surface area contributed by atoms with Gasteiger partial charge >= 0.3 is 0 Å². The number of aromatic nitrogens is 2. The van der Waals surface area contributed by atoms with Gasteiger partial charge in [0.05, 0.1) is 0 Å². The van der Waals surface area contributed by atoms with Crippen LogP contribution in [0.4, 0.5) is 17.5 Å². The van der Waals surface area contributed by atoms with Crippen LogP contribution in [-0.2, 0) is 6.54 Å². The minimum atomic E-state index is 0.608. The van der Waals surface area contributed by atoms with Crippen molar-refractivity contribution >= 4 is 33.4 Å². The number of nitrogens with one attached hydrogen (secondary N) is 1. The molecule has 0 aliphatic carbocycles. The molecule has 0 radical (unpaired) electrons. The molecule has 1 N–H and O–H groups in total. The molecule has 3 rings (SSSR count). The maximum atomic E-state index is 4.67. The van der Waals surface area contributed by atoms with Gasteiger partial charge in [0, 0.05) is 35.5 Å². The molecule has 1 aromatic heterocycles. The summed E-state index contributed by atoms with van der Waals surface area (Å²) in [4.78, 5) is 11.3. The van der Waals surface area contributed by atoms with Crippen molar-refractivity contribution in [2.45, 2.75) is 20.4 Å². The van der Waals surface area contributed by atoms with Crippen LogP contribution in [0.15, 0.2) is 59.1 Å². The first-order chi connectivity index (χ1) is 12.0. The Labute approximate surface area is 157 Å². The summed E-state index contributed by atoms with van der Waals surface area (Å²) in [6.07, 6.45) is 0. The van der Waals surface area contributed by atoms with E-state index in [9.17, 15) is 0 Å². The van der Waals surface area contributed by atoms with Gasteiger partial charge in [-0.15, -0.1) is 0 Å². The van der Waals surface area contributed by atoms with Gasteiger partial charge in [0.25, 0.3) is 0 Å². The molecule has 5 heteroatoms. The molecular weight excluding hydrogens is 376 g/mol. The van der Waals surface area contributed by atoms with Crippen LogP contribution in [0.5, 0.6) is 0 Å². The van der Waals surface area contributed by atoms with E-state index >= 15 is 0 Å². The number of halogens is 1. The zero-order valence-electron chi connectivity index (χ0n) is 14.6. The van der Waals surface area contributed by atoms with E-state index in [4.69, 9.17) is 0 Å². The second-order valence-electron chi connectivity index (χ2n) is 6.12. The Bertz CT molecular complexity index is 865. The molecule has 0 bridgehead atoms. The van der Waals surface area contributed by atoms with Crippen molar-refractivity contribution in [3.8, 4) is 0 Å². The van der Waals surface area contributed by atoms with E-state index in [2.05, 4.69) is 73.4 Å². The summed E-state index contributed by atoms with van der Waals surface area (Å²) in [7, 11) is 2.04. The Kier molecular flexibility index (Phi) is 5.34. The van der Waals surface area contributed by atoms with Crippen LogP contribution in [0.1, 0.15) is 16.8 Å². The molecule has 0 amide bonds. The van der Waals surface area contributed by atoms with Gasteiger partial charge < -0.3 is 10.2 Å². The highest BCUT2D eigenvalue weighted by atomic mass is 79.9. The maximum Gasteiger partial charge on any atom is 0.229 e. The summed E-state index contributed by atoms with van der Waals surface area (Å²) in [5.41, 5.74) is 4.32. The van der Waals surface area contributed by atoms with E-state index in [1.807, 2.05) is 38.2 Å². The first kappa shape index (κ1) is 17.4. The van der Waals surface area contributed by atoms with E-state index in [0.717, 1.165) is 28.2 Å². The standard InChI is InChI=1S/C20H21BrN4/c1-14-11-17(9-10-18(14)21)23-20-22-15(2)12-19(24-20)25(3)13-16-7-5-4-6-8-16/h4-12H,13H2,1-3H3,(H,22,23,24). The van der Waals surface area contributed by atoms with Gasteiger partial charge in [0.1, 0.15) is 5.82 Å². The fraction of sp³-hybridized carbons (Fsp3) is 0.200. The molecule has 25 heavy (non-hydrogen) atoms. The Balaban J connectivity index is 1.81. The zero-order valence-corrected chi connectivity index (χ0v) is 16.2. The topological polar surface area (TPSA) is 41.1 Å². The van der Waals surface area contributed by atoms with Crippen molar-refractivity contribution in [1.82, 2.24) is 9.97 Å². The summed E-state index contributed by atoms with van der Waals surface area (Å²) in [5.74, 6) is 1.50. The minimum absolute atomic E-state index is 0.608. The van der Waals surface area contributed by atoms with Crippen LogP contribution in [0.3, 0.4) is 0 Å². The number of hydrogen-bond donors (Lipinski definition) is 1. The zero-order chi connectivity index (χ0) is 17.8. The van der Waals surface area contributed by atoms with Crippen molar-refractivity contribution < 1.29 is 0 Å². The number of rotatable bonds is 5. The third-order valence-corrected chi connectivity index (χ3v) is 4.80. The molecule has 0 saturated heterocycles. The number of hydrogen-bond acceptors (Lipinski definition) is 4. The predicted octanol–water partition coefficient (Wildman–Crippen LogP) is 5.24. The molecule has 1 heterocycles. The Morgan fingerprint density at radius 1 is 1.00 bits per heavy atom. The highest BCUT2D eigenvalue weighted by Crippen LogP contribution is 2.23. The third-order valence-electron chi connectivity index (χ3n) is 3.91. The molecule has 3 aromatic rings.